The molecule has 0 fully saturated rings. The molecule has 0 aliphatic rings. The molecule has 7 nitrogen and oxygen atoms in total. The summed E-state index contributed by atoms with van der Waals surface area (Å²) in [4.78, 5) is 27.6. The number of carbonyl (C=O) groups is 2. The minimum absolute atomic E-state index is 0.0308. The molecule has 1 atom stereocenters. The number of aliphatic hydroxyl groups excluding tert-OH is 1. The van der Waals surface area contributed by atoms with Gasteiger partial charge in [0.2, 0.25) is 5.91 Å². The summed E-state index contributed by atoms with van der Waals surface area (Å²) in [5.74, 6) is 0.0566. The van der Waals surface area contributed by atoms with Crippen molar-refractivity contribution in [3.63, 3.8) is 0 Å². The van der Waals surface area contributed by atoms with Crippen LogP contribution in [-0.2, 0) is 9.59 Å². The fourth-order valence-corrected chi connectivity index (χ4v) is 4.43. The Balaban J connectivity index is 2.20. The van der Waals surface area contributed by atoms with Gasteiger partial charge in [0.25, 0.3) is 5.91 Å². The van der Waals surface area contributed by atoms with E-state index in [1.54, 1.807) is 31.4 Å². The van der Waals surface area contributed by atoms with Gasteiger partial charge in [-0.25, -0.2) is 0 Å². The third-order valence-corrected chi connectivity index (χ3v) is 7.33. The first-order chi connectivity index (χ1) is 15.2. The summed E-state index contributed by atoms with van der Waals surface area (Å²) >= 11 is 0. The lowest BCUT2D eigenvalue weighted by Crippen LogP contribution is -2.43. The second kappa shape index (κ2) is 11.8. The number of nitrogens with one attached hydrogen (secondary N) is 2. The zero-order chi connectivity index (χ0) is 23.7. The normalized spacial score (nSPS) is 12.3. The number of hydrogen-bond acceptors (Lipinski definition) is 5. The third kappa shape index (κ3) is 7.47. The molecule has 0 saturated heterocycles. The lowest BCUT2D eigenvalue weighted by molar-refractivity contribution is -0.127. The number of anilines is 1. The fourth-order valence-electron chi connectivity index (χ4n) is 3.26. The van der Waals surface area contributed by atoms with Crippen LogP contribution in [0.5, 0.6) is 5.75 Å². The highest BCUT2D eigenvalue weighted by atomic mass is 28.3. The van der Waals surface area contributed by atoms with E-state index in [-0.39, 0.29) is 25.0 Å². The molecule has 8 heteroatoms. The van der Waals surface area contributed by atoms with Crippen molar-refractivity contribution in [1.82, 2.24) is 10.2 Å². The maximum atomic E-state index is 13.2. The van der Waals surface area contributed by atoms with Gasteiger partial charge >= 0.3 is 0 Å². The molecule has 2 aromatic carbocycles. The molecule has 2 amide bonds. The highest BCUT2D eigenvalue weighted by Crippen LogP contribution is 2.20. The highest BCUT2D eigenvalue weighted by molar-refractivity contribution is 6.88. The maximum Gasteiger partial charge on any atom is 0.251 e. The Morgan fingerprint density at radius 1 is 1.06 bits per heavy atom. The summed E-state index contributed by atoms with van der Waals surface area (Å²) < 4.78 is 5.20. The van der Waals surface area contributed by atoms with Gasteiger partial charge in [0, 0.05) is 12.2 Å². The van der Waals surface area contributed by atoms with Crippen molar-refractivity contribution >= 4 is 30.8 Å². The summed E-state index contributed by atoms with van der Waals surface area (Å²) in [5.41, 5.74) is 1.33. The Hall–Kier alpha value is -2.68. The quantitative estimate of drug-likeness (QED) is 0.451. The van der Waals surface area contributed by atoms with E-state index in [2.05, 4.69) is 42.4 Å². The van der Waals surface area contributed by atoms with Crippen LogP contribution in [-0.4, -0.2) is 63.2 Å². The van der Waals surface area contributed by atoms with Crippen LogP contribution in [0.1, 0.15) is 18.5 Å². The number of nitrogens with zero attached hydrogens (tertiary/aromatic N) is 1. The lowest BCUT2D eigenvalue weighted by Gasteiger charge is -2.23. The van der Waals surface area contributed by atoms with Crippen LogP contribution < -0.4 is 20.6 Å². The molecule has 0 aliphatic heterocycles. The molecule has 0 heterocycles. The van der Waals surface area contributed by atoms with E-state index in [4.69, 9.17) is 9.84 Å². The van der Waals surface area contributed by atoms with E-state index in [1.807, 2.05) is 24.0 Å². The summed E-state index contributed by atoms with van der Waals surface area (Å²) in [7, 11) is 0.143. The van der Waals surface area contributed by atoms with E-state index in [9.17, 15) is 9.59 Å². The molecule has 174 valence electrons. The van der Waals surface area contributed by atoms with E-state index in [0.717, 1.165) is 0 Å². The van der Waals surface area contributed by atoms with Crippen molar-refractivity contribution in [3.05, 3.63) is 54.1 Å². The van der Waals surface area contributed by atoms with Crippen LogP contribution in [0.25, 0.3) is 0 Å². The van der Waals surface area contributed by atoms with Crippen molar-refractivity contribution in [3.8, 4) is 5.75 Å². The van der Waals surface area contributed by atoms with Crippen molar-refractivity contribution < 1.29 is 19.4 Å². The zero-order valence-electron chi connectivity index (χ0n) is 19.6. The molecule has 0 spiro atoms. The van der Waals surface area contributed by atoms with Crippen LogP contribution in [0, 0.1) is 0 Å². The molecule has 0 radical (unpaired) electrons. The van der Waals surface area contributed by atoms with Gasteiger partial charge in [-0.3, -0.25) is 14.5 Å². The SMILES string of the molecule is CCN(CCO)CC(=O)NC(C(=O)Nc1ccc([Si](C)(C)C)cc1)c1ccc(OC)cc1. The fraction of sp³-hybridized carbons (Fsp3) is 0.417. The first-order valence-electron chi connectivity index (χ1n) is 10.9. The number of aliphatic hydroxyl groups is 1. The molecular weight excluding hydrogens is 422 g/mol. The molecule has 0 bridgehead atoms. The van der Waals surface area contributed by atoms with Crippen molar-refractivity contribution in [2.45, 2.75) is 32.6 Å². The van der Waals surface area contributed by atoms with Gasteiger partial charge in [0.05, 0.1) is 28.3 Å². The number of benzene rings is 2. The van der Waals surface area contributed by atoms with Crippen molar-refractivity contribution in [2.24, 2.45) is 0 Å². The molecule has 0 aliphatic carbocycles. The van der Waals surface area contributed by atoms with Gasteiger partial charge in [-0.15, -0.1) is 0 Å². The molecule has 3 N–H and O–H groups in total. The Bertz CT molecular complexity index is 880. The molecule has 2 rings (SSSR count). The maximum absolute atomic E-state index is 13.2. The van der Waals surface area contributed by atoms with Crippen molar-refractivity contribution in [1.29, 1.82) is 0 Å². The molecule has 2 aromatic rings. The molecule has 0 aromatic heterocycles. The Labute approximate surface area is 191 Å². The Kier molecular flexibility index (Phi) is 9.43. The number of methoxy groups -OCH3 is 1. The van der Waals surface area contributed by atoms with E-state index < -0.39 is 14.1 Å². The average molecular weight is 458 g/mol. The number of amides is 2. The van der Waals surface area contributed by atoms with Gasteiger partial charge in [0.15, 0.2) is 0 Å². The standard InChI is InChI=1S/C24H35N3O4Si/c1-6-27(15-16-28)17-22(29)26-23(18-7-11-20(31-2)12-8-18)24(30)25-19-9-13-21(14-10-19)32(3,4)5/h7-14,23,28H,6,15-17H2,1-5H3,(H,25,30)(H,26,29). The van der Waals surface area contributed by atoms with Crippen LogP contribution in [0.15, 0.2) is 48.5 Å². The second-order valence-electron chi connectivity index (χ2n) is 8.68. The van der Waals surface area contributed by atoms with Crippen LogP contribution in [0.2, 0.25) is 19.6 Å². The molecule has 0 saturated carbocycles. The predicted molar refractivity (Wildman–Crippen MR) is 131 cm³/mol. The second-order valence-corrected chi connectivity index (χ2v) is 13.8. The number of ether oxygens (including phenoxy) is 1. The number of carbonyl (C=O) groups excluding carboxylic acids is 2. The van der Waals surface area contributed by atoms with Crippen LogP contribution in [0.3, 0.4) is 0 Å². The number of rotatable bonds is 11. The number of hydrogen-bond donors (Lipinski definition) is 3. The average Bonchev–Trinajstić information content (AvgIpc) is 2.77. The summed E-state index contributed by atoms with van der Waals surface area (Å²) in [6.45, 7) is 9.81. The van der Waals surface area contributed by atoms with Crippen LogP contribution in [0.4, 0.5) is 5.69 Å². The Morgan fingerprint density at radius 3 is 2.19 bits per heavy atom. The minimum Gasteiger partial charge on any atom is -0.497 e. The monoisotopic (exact) mass is 457 g/mol. The zero-order valence-corrected chi connectivity index (χ0v) is 20.6. The van der Waals surface area contributed by atoms with E-state index >= 15 is 0 Å². The minimum atomic E-state index is -1.43. The topological polar surface area (TPSA) is 90.9 Å². The van der Waals surface area contributed by atoms with Gasteiger partial charge in [-0.05, 0) is 36.4 Å². The first kappa shape index (κ1) is 25.6. The molecule has 1 unspecified atom stereocenters. The first-order valence-corrected chi connectivity index (χ1v) is 14.4. The van der Waals surface area contributed by atoms with Crippen LogP contribution >= 0.6 is 0 Å². The third-order valence-electron chi connectivity index (χ3n) is 5.27. The molecular formula is C24H35N3O4Si. The number of likely N-dealkylation sites (N-methyl/N-ethyl adjacent to an activating group) is 1. The van der Waals surface area contributed by atoms with Gasteiger partial charge in [-0.2, -0.15) is 0 Å². The largest absolute Gasteiger partial charge is 0.497 e. The summed E-state index contributed by atoms with van der Waals surface area (Å²) in [5, 5.41) is 16.2. The summed E-state index contributed by atoms with van der Waals surface area (Å²) in [6, 6.07) is 14.1. The predicted octanol–water partition coefficient (Wildman–Crippen LogP) is 2.35. The van der Waals surface area contributed by atoms with Crippen molar-refractivity contribution in [2.75, 3.05) is 38.7 Å². The smallest absolute Gasteiger partial charge is 0.251 e. The Morgan fingerprint density at radius 2 is 1.69 bits per heavy atom. The van der Waals surface area contributed by atoms with Gasteiger partial charge < -0.3 is 20.5 Å². The van der Waals surface area contributed by atoms with Gasteiger partial charge in [0.1, 0.15) is 11.8 Å². The lowest BCUT2D eigenvalue weighted by atomic mass is 10.1. The highest BCUT2D eigenvalue weighted by Gasteiger charge is 2.24. The summed E-state index contributed by atoms with van der Waals surface area (Å²) in [6.07, 6.45) is 0. The van der Waals surface area contributed by atoms with E-state index in [0.29, 0.717) is 30.1 Å². The molecule has 32 heavy (non-hydrogen) atoms. The van der Waals surface area contributed by atoms with Gasteiger partial charge in [-0.1, -0.05) is 56.0 Å². The van der Waals surface area contributed by atoms with E-state index in [1.165, 1.54) is 5.19 Å².